The van der Waals surface area contributed by atoms with E-state index in [1.807, 2.05) is 6.92 Å². The zero-order valence-electron chi connectivity index (χ0n) is 10.3. The number of rotatable bonds is 5. The minimum absolute atomic E-state index is 0.0616. The van der Waals surface area contributed by atoms with Crippen LogP contribution in [0, 0.1) is 5.92 Å². The third kappa shape index (κ3) is 4.34. The molecule has 0 bridgehead atoms. The maximum atomic E-state index is 11.9. The number of carbonyl (C=O) groups excluding carboxylic acids is 1. The van der Waals surface area contributed by atoms with Gasteiger partial charge in [-0.3, -0.25) is 4.79 Å². The number of nitrogens with two attached hydrogens (primary N) is 1. The Bertz CT molecular complexity index is 273. The molecule has 0 aliphatic heterocycles. The molecule has 1 unspecified atom stereocenters. The molecule has 17 heavy (non-hydrogen) atoms. The van der Waals surface area contributed by atoms with E-state index in [4.69, 9.17) is 10.8 Å². The van der Waals surface area contributed by atoms with Crippen LogP contribution in [0.1, 0.15) is 45.4 Å². The summed E-state index contributed by atoms with van der Waals surface area (Å²) in [5.74, 6) is -1.14. The summed E-state index contributed by atoms with van der Waals surface area (Å²) in [6.07, 6.45) is 4.46. The Balaban J connectivity index is 2.44. The predicted octanol–water partition coefficient (Wildman–Crippen LogP) is 0.873. The Morgan fingerprint density at radius 1 is 1.35 bits per heavy atom. The Morgan fingerprint density at radius 3 is 2.41 bits per heavy atom. The van der Waals surface area contributed by atoms with E-state index >= 15 is 0 Å². The number of aliphatic carboxylic acids is 1. The van der Waals surface area contributed by atoms with Crippen LogP contribution in [0.4, 0.5) is 0 Å². The van der Waals surface area contributed by atoms with Crippen LogP contribution in [0.25, 0.3) is 0 Å². The molecule has 0 aromatic heterocycles. The van der Waals surface area contributed by atoms with E-state index in [-0.39, 0.29) is 17.9 Å². The van der Waals surface area contributed by atoms with Crippen molar-refractivity contribution in [2.75, 3.05) is 0 Å². The van der Waals surface area contributed by atoms with Crippen molar-refractivity contribution < 1.29 is 14.7 Å². The number of hydrogen-bond donors (Lipinski definition) is 3. The third-order valence-corrected chi connectivity index (χ3v) is 3.33. The molecule has 1 amide bonds. The van der Waals surface area contributed by atoms with Gasteiger partial charge in [0.25, 0.3) is 0 Å². The lowest BCUT2D eigenvalue weighted by molar-refractivity contribution is -0.142. The molecule has 5 nitrogen and oxygen atoms in total. The molecule has 0 saturated heterocycles. The molecule has 4 N–H and O–H groups in total. The van der Waals surface area contributed by atoms with Crippen LogP contribution in [0.3, 0.4) is 0 Å². The Hall–Kier alpha value is -1.10. The van der Waals surface area contributed by atoms with E-state index in [0.29, 0.717) is 6.42 Å². The number of carboxylic acid groups (broad SMARTS) is 1. The Labute approximate surface area is 102 Å². The van der Waals surface area contributed by atoms with Gasteiger partial charge < -0.3 is 16.2 Å². The van der Waals surface area contributed by atoms with Crippen molar-refractivity contribution in [3.05, 3.63) is 0 Å². The topological polar surface area (TPSA) is 92.4 Å². The van der Waals surface area contributed by atoms with Crippen LogP contribution in [0.5, 0.6) is 0 Å². The minimum atomic E-state index is -0.951. The summed E-state index contributed by atoms with van der Waals surface area (Å²) in [6, 6.07) is -0.548. The van der Waals surface area contributed by atoms with Gasteiger partial charge in [0.2, 0.25) is 5.91 Å². The fourth-order valence-corrected chi connectivity index (χ4v) is 2.22. The van der Waals surface area contributed by atoms with Crippen molar-refractivity contribution in [3.63, 3.8) is 0 Å². The van der Waals surface area contributed by atoms with Gasteiger partial charge >= 0.3 is 5.97 Å². The van der Waals surface area contributed by atoms with Crippen LogP contribution in [-0.4, -0.2) is 29.1 Å². The lowest BCUT2D eigenvalue weighted by Crippen LogP contribution is -2.45. The predicted molar refractivity (Wildman–Crippen MR) is 64.4 cm³/mol. The fourth-order valence-electron chi connectivity index (χ4n) is 2.22. The van der Waals surface area contributed by atoms with Gasteiger partial charge in [0.05, 0.1) is 0 Å². The van der Waals surface area contributed by atoms with Gasteiger partial charge in [-0.2, -0.15) is 0 Å². The van der Waals surface area contributed by atoms with Gasteiger partial charge in [0.15, 0.2) is 0 Å². The van der Waals surface area contributed by atoms with Crippen molar-refractivity contribution in [1.82, 2.24) is 5.32 Å². The van der Waals surface area contributed by atoms with Gasteiger partial charge in [-0.05, 0) is 32.1 Å². The van der Waals surface area contributed by atoms with Crippen LogP contribution < -0.4 is 11.1 Å². The van der Waals surface area contributed by atoms with Crippen molar-refractivity contribution >= 4 is 11.9 Å². The Morgan fingerprint density at radius 2 is 1.94 bits per heavy atom. The number of amides is 1. The number of carboxylic acids is 1. The second-order valence-electron chi connectivity index (χ2n) is 4.80. The maximum absolute atomic E-state index is 11.9. The normalized spacial score (nSPS) is 26.2. The number of nitrogens with one attached hydrogen (secondary N) is 1. The molecule has 0 radical (unpaired) electrons. The van der Waals surface area contributed by atoms with E-state index in [1.54, 1.807) is 0 Å². The lowest BCUT2D eigenvalue weighted by Gasteiger charge is -2.26. The SMILES string of the molecule is CCCC(NC(=O)C1CCC(N)CC1)C(=O)O. The van der Waals surface area contributed by atoms with Gasteiger partial charge in [0.1, 0.15) is 6.04 Å². The van der Waals surface area contributed by atoms with Crippen LogP contribution in [0.2, 0.25) is 0 Å². The highest BCUT2D eigenvalue weighted by Crippen LogP contribution is 2.23. The first kappa shape index (κ1) is 14.0. The second kappa shape index (κ2) is 6.59. The first-order valence-corrected chi connectivity index (χ1v) is 6.33. The van der Waals surface area contributed by atoms with Gasteiger partial charge in [-0.1, -0.05) is 13.3 Å². The summed E-state index contributed by atoms with van der Waals surface area (Å²) in [5, 5.41) is 11.6. The number of hydrogen-bond acceptors (Lipinski definition) is 3. The Kier molecular flexibility index (Phi) is 5.41. The second-order valence-corrected chi connectivity index (χ2v) is 4.80. The molecular formula is C12H22N2O3. The zero-order chi connectivity index (χ0) is 12.8. The summed E-state index contributed by atoms with van der Waals surface area (Å²) < 4.78 is 0. The molecule has 1 atom stereocenters. The molecule has 0 heterocycles. The largest absolute Gasteiger partial charge is 0.480 e. The number of carbonyl (C=O) groups is 2. The molecule has 1 fully saturated rings. The molecule has 0 aromatic rings. The van der Waals surface area contributed by atoms with E-state index in [2.05, 4.69) is 5.32 Å². The zero-order valence-corrected chi connectivity index (χ0v) is 10.3. The molecule has 0 spiro atoms. The van der Waals surface area contributed by atoms with Gasteiger partial charge in [-0.25, -0.2) is 4.79 Å². The molecule has 0 aromatic carbocycles. The fraction of sp³-hybridized carbons (Fsp3) is 0.833. The van der Waals surface area contributed by atoms with Crippen LogP contribution in [-0.2, 0) is 9.59 Å². The molecular weight excluding hydrogens is 220 g/mol. The van der Waals surface area contributed by atoms with Gasteiger partial charge in [-0.15, -0.1) is 0 Å². The minimum Gasteiger partial charge on any atom is -0.480 e. The summed E-state index contributed by atoms with van der Waals surface area (Å²) >= 11 is 0. The third-order valence-electron chi connectivity index (χ3n) is 3.33. The maximum Gasteiger partial charge on any atom is 0.326 e. The summed E-state index contributed by atoms with van der Waals surface area (Å²) in [6.45, 7) is 1.90. The van der Waals surface area contributed by atoms with Crippen molar-refractivity contribution in [3.8, 4) is 0 Å². The van der Waals surface area contributed by atoms with E-state index < -0.39 is 12.0 Å². The van der Waals surface area contributed by atoms with Crippen molar-refractivity contribution in [2.24, 2.45) is 11.7 Å². The highest BCUT2D eigenvalue weighted by atomic mass is 16.4. The summed E-state index contributed by atoms with van der Waals surface area (Å²) in [5.41, 5.74) is 5.77. The van der Waals surface area contributed by atoms with E-state index in [9.17, 15) is 9.59 Å². The smallest absolute Gasteiger partial charge is 0.326 e. The van der Waals surface area contributed by atoms with Crippen LogP contribution in [0.15, 0.2) is 0 Å². The highest BCUT2D eigenvalue weighted by Gasteiger charge is 2.27. The molecule has 98 valence electrons. The molecule has 1 saturated carbocycles. The van der Waals surface area contributed by atoms with E-state index in [1.165, 1.54) is 0 Å². The molecule has 5 heteroatoms. The molecule has 1 aliphatic carbocycles. The van der Waals surface area contributed by atoms with E-state index in [0.717, 1.165) is 32.1 Å². The highest BCUT2D eigenvalue weighted by molar-refractivity contribution is 5.84. The quantitative estimate of drug-likeness (QED) is 0.667. The summed E-state index contributed by atoms with van der Waals surface area (Å²) in [7, 11) is 0. The van der Waals surface area contributed by atoms with Crippen molar-refractivity contribution in [1.29, 1.82) is 0 Å². The van der Waals surface area contributed by atoms with Gasteiger partial charge in [0, 0.05) is 12.0 Å². The van der Waals surface area contributed by atoms with Crippen LogP contribution >= 0.6 is 0 Å². The van der Waals surface area contributed by atoms with Crippen molar-refractivity contribution in [2.45, 2.75) is 57.5 Å². The lowest BCUT2D eigenvalue weighted by atomic mass is 9.86. The average molecular weight is 242 g/mol. The first-order valence-electron chi connectivity index (χ1n) is 6.33. The summed E-state index contributed by atoms with van der Waals surface area (Å²) in [4.78, 5) is 22.8. The molecule has 1 aliphatic rings. The average Bonchev–Trinajstić information content (AvgIpc) is 2.29. The monoisotopic (exact) mass is 242 g/mol. The molecule has 1 rings (SSSR count). The first-order chi connectivity index (χ1) is 8.04. The standard InChI is InChI=1S/C12H22N2O3/c1-2-3-10(12(16)17)14-11(15)8-4-6-9(13)7-5-8/h8-10H,2-7,13H2,1H3,(H,14,15)(H,16,17).